The Kier molecular flexibility index (Phi) is 4.43. The molecule has 27 heavy (non-hydrogen) atoms. The van der Waals surface area contributed by atoms with Gasteiger partial charge in [0.1, 0.15) is 0 Å². The normalized spacial score (nSPS) is 10.7. The van der Waals surface area contributed by atoms with Crippen molar-refractivity contribution in [1.29, 1.82) is 0 Å². The van der Waals surface area contributed by atoms with Crippen LogP contribution in [0.1, 0.15) is 21.5 Å². The predicted molar refractivity (Wildman–Crippen MR) is 111 cm³/mol. The van der Waals surface area contributed by atoms with Gasteiger partial charge in [0.2, 0.25) is 0 Å². The van der Waals surface area contributed by atoms with E-state index in [9.17, 15) is 4.79 Å². The first-order valence-corrected chi connectivity index (χ1v) is 8.95. The summed E-state index contributed by atoms with van der Waals surface area (Å²) in [6, 6.07) is 25.6. The van der Waals surface area contributed by atoms with Crippen molar-refractivity contribution in [3.8, 4) is 11.3 Å². The lowest BCUT2D eigenvalue weighted by Crippen LogP contribution is -2.13. The molecular formula is C24H20N2O. The van der Waals surface area contributed by atoms with Crippen molar-refractivity contribution in [3.63, 3.8) is 0 Å². The number of rotatable bonds is 3. The topological polar surface area (TPSA) is 42.0 Å². The molecule has 4 rings (SSSR count). The van der Waals surface area contributed by atoms with Crippen LogP contribution < -0.4 is 5.32 Å². The molecule has 0 saturated heterocycles. The van der Waals surface area contributed by atoms with Crippen LogP contribution in [0.4, 0.5) is 5.69 Å². The number of carbonyl (C=O) groups is 1. The SMILES string of the molecule is Cc1cccc(-c2cc(C(=O)Nc3ccccc3C)c3ccccc3n2)c1. The Morgan fingerprint density at radius 2 is 1.63 bits per heavy atom. The van der Waals surface area contributed by atoms with E-state index in [0.29, 0.717) is 5.56 Å². The second-order valence-corrected chi connectivity index (χ2v) is 6.71. The maximum atomic E-state index is 13.1. The largest absolute Gasteiger partial charge is 0.322 e. The third kappa shape index (κ3) is 3.44. The Bertz CT molecular complexity index is 1150. The summed E-state index contributed by atoms with van der Waals surface area (Å²) >= 11 is 0. The van der Waals surface area contributed by atoms with Crippen molar-refractivity contribution < 1.29 is 4.79 Å². The minimum Gasteiger partial charge on any atom is -0.322 e. The van der Waals surface area contributed by atoms with E-state index >= 15 is 0 Å². The fraction of sp³-hybridized carbons (Fsp3) is 0.0833. The third-order valence-electron chi connectivity index (χ3n) is 4.67. The highest BCUT2D eigenvalue weighted by Gasteiger charge is 2.15. The van der Waals surface area contributed by atoms with Crippen molar-refractivity contribution in [3.05, 3.63) is 95.6 Å². The van der Waals surface area contributed by atoms with Gasteiger partial charge in [-0.05, 0) is 43.7 Å². The molecule has 0 fully saturated rings. The van der Waals surface area contributed by atoms with E-state index in [1.54, 1.807) is 0 Å². The number of carbonyl (C=O) groups excluding carboxylic acids is 1. The lowest BCUT2D eigenvalue weighted by molar-refractivity contribution is 0.102. The van der Waals surface area contributed by atoms with Crippen molar-refractivity contribution in [2.45, 2.75) is 13.8 Å². The van der Waals surface area contributed by atoms with Gasteiger partial charge in [0.05, 0.1) is 16.8 Å². The summed E-state index contributed by atoms with van der Waals surface area (Å²) in [6.45, 7) is 4.04. The van der Waals surface area contributed by atoms with Gasteiger partial charge in [-0.1, -0.05) is 60.2 Å². The summed E-state index contributed by atoms with van der Waals surface area (Å²) in [5.74, 6) is -0.128. The van der Waals surface area contributed by atoms with Gasteiger partial charge in [-0.25, -0.2) is 4.98 Å². The molecule has 1 aromatic heterocycles. The highest BCUT2D eigenvalue weighted by Crippen LogP contribution is 2.26. The van der Waals surface area contributed by atoms with Crippen molar-refractivity contribution in [1.82, 2.24) is 4.98 Å². The minimum atomic E-state index is -0.128. The van der Waals surface area contributed by atoms with Gasteiger partial charge in [-0.2, -0.15) is 0 Å². The average Bonchev–Trinajstić information content (AvgIpc) is 2.69. The van der Waals surface area contributed by atoms with E-state index in [2.05, 4.69) is 24.4 Å². The smallest absolute Gasteiger partial charge is 0.256 e. The third-order valence-corrected chi connectivity index (χ3v) is 4.67. The molecule has 132 valence electrons. The fourth-order valence-electron chi connectivity index (χ4n) is 3.22. The highest BCUT2D eigenvalue weighted by molar-refractivity contribution is 6.13. The van der Waals surface area contributed by atoms with Gasteiger partial charge in [0, 0.05) is 16.6 Å². The first-order chi connectivity index (χ1) is 13.1. The molecule has 0 aliphatic heterocycles. The Hall–Kier alpha value is -3.46. The summed E-state index contributed by atoms with van der Waals surface area (Å²) in [6.07, 6.45) is 0. The van der Waals surface area contributed by atoms with Crippen LogP contribution in [0, 0.1) is 13.8 Å². The predicted octanol–water partition coefficient (Wildman–Crippen LogP) is 5.77. The summed E-state index contributed by atoms with van der Waals surface area (Å²) in [4.78, 5) is 17.9. The number of aryl methyl sites for hydroxylation is 2. The molecule has 0 spiro atoms. The summed E-state index contributed by atoms with van der Waals surface area (Å²) < 4.78 is 0. The number of nitrogens with zero attached hydrogens (tertiary/aromatic N) is 1. The molecule has 3 aromatic carbocycles. The van der Waals surface area contributed by atoms with E-state index in [0.717, 1.165) is 39.0 Å². The highest BCUT2D eigenvalue weighted by atomic mass is 16.1. The number of fused-ring (bicyclic) bond motifs is 1. The summed E-state index contributed by atoms with van der Waals surface area (Å²) in [5, 5.41) is 3.89. The number of hydrogen-bond acceptors (Lipinski definition) is 2. The second kappa shape index (κ2) is 7.04. The van der Waals surface area contributed by atoms with Gasteiger partial charge < -0.3 is 5.32 Å². The molecule has 3 heteroatoms. The zero-order valence-corrected chi connectivity index (χ0v) is 15.4. The quantitative estimate of drug-likeness (QED) is 0.508. The molecule has 1 N–H and O–H groups in total. The first kappa shape index (κ1) is 17.0. The lowest BCUT2D eigenvalue weighted by Gasteiger charge is -2.12. The summed E-state index contributed by atoms with van der Waals surface area (Å²) in [5.41, 5.74) is 6.25. The number of anilines is 1. The van der Waals surface area contributed by atoms with E-state index in [4.69, 9.17) is 4.98 Å². The van der Waals surface area contributed by atoms with E-state index in [1.165, 1.54) is 0 Å². The molecule has 1 heterocycles. The molecule has 1 amide bonds. The van der Waals surface area contributed by atoms with Gasteiger partial charge >= 0.3 is 0 Å². The van der Waals surface area contributed by atoms with Crippen molar-refractivity contribution in [2.24, 2.45) is 0 Å². The number of para-hydroxylation sites is 2. The number of hydrogen-bond donors (Lipinski definition) is 1. The number of amides is 1. The Labute approximate surface area is 158 Å². The van der Waals surface area contributed by atoms with Gasteiger partial charge in [0.25, 0.3) is 5.91 Å². The standard InChI is InChI=1S/C24H20N2O/c1-16-8-7-10-18(14-16)23-15-20(19-11-4-6-13-22(19)25-23)24(27)26-21-12-5-3-9-17(21)2/h3-15H,1-2H3,(H,26,27). The zero-order valence-electron chi connectivity index (χ0n) is 15.4. The molecule has 0 unspecified atom stereocenters. The molecule has 0 saturated carbocycles. The number of aromatic nitrogens is 1. The molecule has 4 aromatic rings. The van der Waals surface area contributed by atoms with Crippen LogP contribution in [0.5, 0.6) is 0 Å². The molecule has 3 nitrogen and oxygen atoms in total. The zero-order chi connectivity index (χ0) is 18.8. The van der Waals surface area contributed by atoms with E-state index < -0.39 is 0 Å². The van der Waals surface area contributed by atoms with Crippen LogP contribution in [0.15, 0.2) is 78.9 Å². The van der Waals surface area contributed by atoms with Crippen LogP contribution in [0.3, 0.4) is 0 Å². The number of nitrogens with one attached hydrogen (secondary N) is 1. The van der Waals surface area contributed by atoms with E-state index in [-0.39, 0.29) is 5.91 Å². The lowest BCUT2D eigenvalue weighted by atomic mass is 10.0. The van der Waals surface area contributed by atoms with Gasteiger partial charge in [-0.3, -0.25) is 4.79 Å². The van der Waals surface area contributed by atoms with Crippen LogP contribution in [0.25, 0.3) is 22.2 Å². The fourth-order valence-corrected chi connectivity index (χ4v) is 3.22. The second-order valence-electron chi connectivity index (χ2n) is 6.71. The molecule has 0 atom stereocenters. The molecule has 0 radical (unpaired) electrons. The Morgan fingerprint density at radius 1 is 0.852 bits per heavy atom. The van der Waals surface area contributed by atoms with E-state index in [1.807, 2.05) is 73.7 Å². The van der Waals surface area contributed by atoms with Gasteiger partial charge in [-0.15, -0.1) is 0 Å². The molecular weight excluding hydrogens is 332 g/mol. The van der Waals surface area contributed by atoms with Crippen LogP contribution in [0.2, 0.25) is 0 Å². The molecule has 0 aliphatic carbocycles. The van der Waals surface area contributed by atoms with Crippen LogP contribution in [-0.2, 0) is 0 Å². The number of pyridine rings is 1. The molecule has 0 aliphatic rings. The maximum Gasteiger partial charge on any atom is 0.256 e. The van der Waals surface area contributed by atoms with Crippen LogP contribution in [-0.4, -0.2) is 10.9 Å². The minimum absolute atomic E-state index is 0.128. The number of benzene rings is 3. The molecule has 0 bridgehead atoms. The van der Waals surface area contributed by atoms with Gasteiger partial charge in [0.15, 0.2) is 0 Å². The Morgan fingerprint density at radius 3 is 2.44 bits per heavy atom. The average molecular weight is 352 g/mol. The summed E-state index contributed by atoms with van der Waals surface area (Å²) in [7, 11) is 0. The van der Waals surface area contributed by atoms with Crippen molar-refractivity contribution in [2.75, 3.05) is 5.32 Å². The van der Waals surface area contributed by atoms with Crippen LogP contribution >= 0.6 is 0 Å². The van der Waals surface area contributed by atoms with Crippen molar-refractivity contribution >= 4 is 22.5 Å². The monoisotopic (exact) mass is 352 g/mol. The first-order valence-electron chi connectivity index (χ1n) is 8.95. The Balaban J connectivity index is 1.83. The maximum absolute atomic E-state index is 13.1.